The Morgan fingerprint density at radius 1 is 1.20 bits per heavy atom. The maximum Gasteiger partial charge on any atom is 0.251 e. The summed E-state index contributed by atoms with van der Waals surface area (Å²) in [5.41, 5.74) is 6.94. The number of amides is 1. The molecule has 0 saturated carbocycles. The molecule has 1 aromatic rings. The summed E-state index contributed by atoms with van der Waals surface area (Å²) >= 11 is 0. The first-order chi connectivity index (χ1) is 8.98. The van der Waals surface area contributed by atoms with Crippen LogP contribution in [0.2, 0.25) is 0 Å². The van der Waals surface area contributed by atoms with Gasteiger partial charge in [0.05, 0.1) is 5.75 Å². The van der Waals surface area contributed by atoms with E-state index < -0.39 is 10.0 Å². The highest BCUT2D eigenvalue weighted by molar-refractivity contribution is 7.89. The van der Waals surface area contributed by atoms with Crippen LogP contribution in [0.5, 0.6) is 0 Å². The van der Waals surface area contributed by atoms with Gasteiger partial charge in [-0.2, -0.15) is 0 Å². The number of sulfonamides is 1. The molecule has 0 aliphatic carbocycles. The van der Waals surface area contributed by atoms with Crippen molar-refractivity contribution < 1.29 is 13.2 Å². The summed E-state index contributed by atoms with van der Waals surface area (Å²) in [5, 5.41) is 2.64. The Bertz CT molecular complexity index is 517. The molecular weight excluding hydrogens is 302 g/mol. The Morgan fingerprint density at radius 3 is 2.30 bits per heavy atom. The van der Waals surface area contributed by atoms with Gasteiger partial charge in [-0.25, -0.2) is 13.1 Å². The topological polar surface area (TPSA) is 101 Å². The van der Waals surface area contributed by atoms with E-state index in [1.54, 1.807) is 31.2 Å². The lowest BCUT2D eigenvalue weighted by atomic mass is 10.1. The third-order valence-electron chi connectivity index (χ3n) is 2.56. The van der Waals surface area contributed by atoms with Gasteiger partial charge in [0.15, 0.2) is 0 Å². The van der Waals surface area contributed by atoms with E-state index in [1.165, 1.54) is 0 Å². The molecule has 114 valence electrons. The van der Waals surface area contributed by atoms with Crippen LogP contribution in [0.25, 0.3) is 0 Å². The van der Waals surface area contributed by atoms with Crippen LogP contribution in [0.1, 0.15) is 22.8 Å². The van der Waals surface area contributed by atoms with E-state index in [-0.39, 0.29) is 37.2 Å². The fraction of sp³-hybridized carbons (Fsp3) is 0.417. The summed E-state index contributed by atoms with van der Waals surface area (Å²) in [6.45, 7) is 2.42. The Morgan fingerprint density at radius 2 is 1.80 bits per heavy atom. The predicted molar refractivity (Wildman–Crippen MR) is 81.4 cm³/mol. The SMILES string of the molecule is CCS(=O)(=O)NCCNC(=O)c1ccc(CN)cc1.Cl. The van der Waals surface area contributed by atoms with Gasteiger partial charge in [0.1, 0.15) is 0 Å². The molecule has 6 nitrogen and oxygen atoms in total. The van der Waals surface area contributed by atoms with Crippen molar-refractivity contribution in [1.29, 1.82) is 0 Å². The average molecular weight is 322 g/mol. The molecule has 0 aromatic heterocycles. The highest BCUT2D eigenvalue weighted by Gasteiger charge is 2.07. The molecule has 0 atom stereocenters. The minimum absolute atomic E-state index is 0. The molecule has 0 saturated heterocycles. The zero-order valence-corrected chi connectivity index (χ0v) is 12.9. The van der Waals surface area contributed by atoms with Crippen molar-refractivity contribution in [2.75, 3.05) is 18.8 Å². The number of halogens is 1. The summed E-state index contributed by atoms with van der Waals surface area (Å²) in [7, 11) is -3.21. The van der Waals surface area contributed by atoms with Crippen LogP contribution >= 0.6 is 12.4 Å². The van der Waals surface area contributed by atoms with Crippen LogP contribution in [0.4, 0.5) is 0 Å². The molecule has 0 aliphatic heterocycles. The van der Waals surface area contributed by atoms with Gasteiger partial charge >= 0.3 is 0 Å². The number of rotatable bonds is 7. The number of carbonyl (C=O) groups is 1. The number of hydrogen-bond acceptors (Lipinski definition) is 4. The number of hydrogen-bond donors (Lipinski definition) is 3. The number of nitrogens with two attached hydrogens (primary N) is 1. The molecule has 0 fully saturated rings. The minimum atomic E-state index is -3.21. The first kappa shape index (κ1) is 18.9. The van der Waals surface area contributed by atoms with Crippen LogP contribution < -0.4 is 15.8 Å². The predicted octanol–water partition coefficient (Wildman–Crippen LogP) is 0.236. The molecule has 0 radical (unpaired) electrons. The lowest BCUT2D eigenvalue weighted by molar-refractivity contribution is 0.0954. The number of nitrogens with one attached hydrogen (secondary N) is 2. The molecule has 0 aliphatic rings. The summed E-state index contributed by atoms with van der Waals surface area (Å²) in [4.78, 5) is 11.7. The molecule has 20 heavy (non-hydrogen) atoms. The fourth-order valence-corrected chi connectivity index (χ4v) is 2.00. The third-order valence-corrected chi connectivity index (χ3v) is 3.97. The highest BCUT2D eigenvalue weighted by atomic mass is 35.5. The van der Waals surface area contributed by atoms with Crippen LogP contribution in [0, 0.1) is 0 Å². The summed E-state index contributed by atoms with van der Waals surface area (Å²) < 4.78 is 24.7. The van der Waals surface area contributed by atoms with E-state index in [9.17, 15) is 13.2 Å². The van der Waals surface area contributed by atoms with Crippen molar-refractivity contribution in [2.24, 2.45) is 5.73 Å². The van der Waals surface area contributed by atoms with E-state index in [0.29, 0.717) is 12.1 Å². The van der Waals surface area contributed by atoms with Gasteiger partial charge in [-0.1, -0.05) is 12.1 Å². The van der Waals surface area contributed by atoms with E-state index in [0.717, 1.165) is 5.56 Å². The van der Waals surface area contributed by atoms with E-state index in [2.05, 4.69) is 10.0 Å². The normalized spacial score (nSPS) is 10.7. The molecule has 0 unspecified atom stereocenters. The van der Waals surface area contributed by atoms with Crippen molar-refractivity contribution in [3.8, 4) is 0 Å². The van der Waals surface area contributed by atoms with Crippen molar-refractivity contribution in [3.05, 3.63) is 35.4 Å². The van der Waals surface area contributed by atoms with Crippen LogP contribution in [0.15, 0.2) is 24.3 Å². The second-order valence-electron chi connectivity index (χ2n) is 3.95. The summed E-state index contributed by atoms with van der Waals surface area (Å²) in [6.07, 6.45) is 0. The molecule has 8 heteroatoms. The second kappa shape index (κ2) is 8.91. The quantitative estimate of drug-likeness (QED) is 0.626. The first-order valence-corrected chi connectivity index (χ1v) is 7.68. The molecule has 1 rings (SSSR count). The van der Waals surface area contributed by atoms with Crippen molar-refractivity contribution >= 4 is 28.3 Å². The number of carbonyl (C=O) groups excluding carboxylic acids is 1. The monoisotopic (exact) mass is 321 g/mol. The molecule has 4 N–H and O–H groups in total. The molecule has 0 bridgehead atoms. The molecule has 0 heterocycles. The van der Waals surface area contributed by atoms with Crippen molar-refractivity contribution in [3.63, 3.8) is 0 Å². The van der Waals surface area contributed by atoms with Gasteiger partial charge < -0.3 is 11.1 Å². The molecule has 1 aromatic carbocycles. The largest absolute Gasteiger partial charge is 0.351 e. The Labute approximate surface area is 125 Å². The van der Waals surface area contributed by atoms with Gasteiger partial charge in [0, 0.05) is 25.2 Å². The van der Waals surface area contributed by atoms with Crippen LogP contribution in [-0.2, 0) is 16.6 Å². The molecule has 1 amide bonds. The smallest absolute Gasteiger partial charge is 0.251 e. The van der Waals surface area contributed by atoms with Gasteiger partial charge in [-0.05, 0) is 24.6 Å². The first-order valence-electron chi connectivity index (χ1n) is 6.03. The minimum Gasteiger partial charge on any atom is -0.351 e. The van der Waals surface area contributed by atoms with Gasteiger partial charge in [-0.15, -0.1) is 12.4 Å². The zero-order valence-electron chi connectivity index (χ0n) is 11.3. The Hall–Kier alpha value is -1.15. The summed E-state index contributed by atoms with van der Waals surface area (Å²) in [6, 6.07) is 6.95. The van der Waals surface area contributed by atoms with Crippen molar-refractivity contribution in [1.82, 2.24) is 10.0 Å². The Kier molecular flexibility index (Phi) is 8.40. The average Bonchev–Trinajstić information content (AvgIpc) is 2.43. The number of benzene rings is 1. The fourth-order valence-electron chi connectivity index (χ4n) is 1.38. The maximum atomic E-state index is 11.7. The van der Waals surface area contributed by atoms with Crippen LogP contribution in [-0.4, -0.2) is 33.2 Å². The zero-order chi connectivity index (χ0) is 14.3. The van der Waals surface area contributed by atoms with E-state index >= 15 is 0 Å². The van der Waals surface area contributed by atoms with Gasteiger partial charge in [0.2, 0.25) is 10.0 Å². The third kappa shape index (κ3) is 6.33. The van der Waals surface area contributed by atoms with E-state index in [4.69, 9.17) is 5.73 Å². The summed E-state index contributed by atoms with van der Waals surface area (Å²) in [5.74, 6) is -0.208. The highest BCUT2D eigenvalue weighted by Crippen LogP contribution is 2.03. The van der Waals surface area contributed by atoms with Crippen molar-refractivity contribution in [2.45, 2.75) is 13.5 Å². The lowest BCUT2D eigenvalue weighted by Gasteiger charge is -2.07. The standard InChI is InChI=1S/C12H19N3O3S.ClH/c1-2-19(17,18)15-8-7-14-12(16)11-5-3-10(9-13)4-6-11;/h3-6,15H,2,7-9,13H2,1H3,(H,14,16);1H. The second-order valence-corrected chi connectivity index (χ2v) is 6.05. The lowest BCUT2D eigenvalue weighted by Crippen LogP contribution is -2.35. The molecule has 0 spiro atoms. The Balaban J connectivity index is 0.00000361. The maximum absolute atomic E-state index is 11.7. The van der Waals surface area contributed by atoms with Gasteiger partial charge in [-0.3, -0.25) is 4.79 Å². The van der Waals surface area contributed by atoms with E-state index in [1.807, 2.05) is 0 Å². The van der Waals surface area contributed by atoms with Gasteiger partial charge in [0.25, 0.3) is 5.91 Å². The molecular formula is C12H20ClN3O3S. The van der Waals surface area contributed by atoms with Crippen LogP contribution in [0.3, 0.4) is 0 Å².